The van der Waals surface area contributed by atoms with Crippen LogP contribution in [0.1, 0.15) is 16.8 Å². The lowest BCUT2D eigenvalue weighted by molar-refractivity contribution is -0.120. The summed E-state index contributed by atoms with van der Waals surface area (Å²) in [5.41, 5.74) is 0.164. The molecule has 0 fully saturated rings. The Morgan fingerprint density at radius 3 is 2.88 bits per heavy atom. The van der Waals surface area contributed by atoms with Crippen LogP contribution in [-0.4, -0.2) is 35.6 Å². The fourth-order valence-corrected chi connectivity index (χ4v) is 1.09. The van der Waals surface area contributed by atoms with E-state index in [0.29, 0.717) is 18.8 Å². The van der Waals surface area contributed by atoms with E-state index in [0.717, 1.165) is 0 Å². The molecule has 6 nitrogen and oxygen atoms in total. The SMILES string of the molecule is CNC(=O)CCNc1cc(C(=O)O)ccn1. The smallest absolute Gasteiger partial charge is 0.335 e. The van der Waals surface area contributed by atoms with Crippen LogP contribution in [-0.2, 0) is 4.79 Å². The highest BCUT2D eigenvalue weighted by atomic mass is 16.4. The van der Waals surface area contributed by atoms with Crippen LogP contribution in [0.15, 0.2) is 18.3 Å². The second-order valence-corrected chi connectivity index (χ2v) is 3.08. The van der Waals surface area contributed by atoms with E-state index in [1.807, 2.05) is 0 Å². The van der Waals surface area contributed by atoms with Crippen molar-refractivity contribution in [1.29, 1.82) is 0 Å². The Hall–Kier alpha value is -2.11. The van der Waals surface area contributed by atoms with Gasteiger partial charge >= 0.3 is 5.97 Å². The molecule has 0 unspecified atom stereocenters. The molecule has 1 aromatic rings. The van der Waals surface area contributed by atoms with Crippen molar-refractivity contribution in [3.63, 3.8) is 0 Å². The van der Waals surface area contributed by atoms with Gasteiger partial charge in [0.2, 0.25) is 5.91 Å². The average Bonchev–Trinajstić information content (AvgIpc) is 2.29. The number of nitrogens with zero attached hydrogens (tertiary/aromatic N) is 1. The van der Waals surface area contributed by atoms with Crippen molar-refractivity contribution in [3.8, 4) is 0 Å². The largest absolute Gasteiger partial charge is 0.478 e. The van der Waals surface area contributed by atoms with Gasteiger partial charge in [0.1, 0.15) is 5.82 Å². The zero-order chi connectivity index (χ0) is 12.0. The number of carbonyl (C=O) groups is 2. The Labute approximate surface area is 92.7 Å². The van der Waals surface area contributed by atoms with Crippen molar-refractivity contribution in [2.24, 2.45) is 0 Å². The van der Waals surface area contributed by atoms with E-state index in [4.69, 9.17) is 5.11 Å². The summed E-state index contributed by atoms with van der Waals surface area (Å²) in [4.78, 5) is 25.5. The summed E-state index contributed by atoms with van der Waals surface area (Å²) >= 11 is 0. The minimum atomic E-state index is -1.00. The first kappa shape index (κ1) is 12.0. The third-order valence-electron chi connectivity index (χ3n) is 1.94. The predicted octanol–water partition coefficient (Wildman–Crippen LogP) is 0.328. The van der Waals surface area contributed by atoms with Crippen LogP contribution in [0.25, 0.3) is 0 Å². The van der Waals surface area contributed by atoms with Gasteiger partial charge < -0.3 is 15.7 Å². The monoisotopic (exact) mass is 223 g/mol. The maximum Gasteiger partial charge on any atom is 0.335 e. The highest BCUT2D eigenvalue weighted by Gasteiger charge is 2.04. The molecule has 1 heterocycles. The standard InChI is InChI=1S/C10H13N3O3/c1-11-9(14)3-5-13-8-6-7(10(15)16)2-4-12-8/h2,4,6H,3,5H2,1H3,(H,11,14)(H,12,13)(H,15,16). The fraction of sp³-hybridized carbons (Fsp3) is 0.300. The molecule has 0 aliphatic rings. The van der Waals surface area contributed by atoms with Gasteiger partial charge in [-0.25, -0.2) is 9.78 Å². The van der Waals surface area contributed by atoms with Gasteiger partial charge in [0.15, 0.2) is 0 Å². The number of amides is 1. The number of carboxylic acid groups (broad SMARTS) is 1. The summed E-state index contributed by atoms with van der Waals surface area (Å²) in [5.74, 6) is -0.637. The van der Waals surface area contributed by atoms with Crippen LogP contribution in [0, 0.1) is 0 Å². The lowest BCUT2D eigenvalue weighted by Crippen LogP contribution is -2.21. The Morgan fingerprint density at radius 2 is 2.25 bits per heavy atom. The number of carbonyl (C=O) groups excluding carboxylic acids is 1. The van der Waals surface area contributed by atoms with Crippen molar-refractivity contribution in [2.45, 2.75) is 6.42 Å². The zero-order valence-electron chi connectivity index (χ0n) is 8.86. The Kier molecular flexibility index (Phi) is 4.26. The van der Waals surface area contributed by atoms with Crippen LogP contribution >= 0.6 is 0 Å². The first-order chi connectivity index (χ1) is 7.63. The minimum Gasteiger partial charge on any atom is -0.478 e. The number of carboxylic acids is 1. The molecule has 1 rings (SSSR count). The predicted molar refractivity (Wildman–Crippen MR) is 58.4 cm³/mol. The van der Waals surface area contributed by atoms with Gasteiger partial charge in [-0.3, -0.25) is 4.79 Å². The van der Waals surface area contributed by atoms with E-state index in [9.17, 15) is 9.59 Å². The number of pyridine rings is 1. The van der Waals surface area contributed by atoms with E-state index in [-0.39, 0.29) is 11.5 Å². The fourth-order valence-electron chi connectivity index (χ4n) is 1.09. The maximum atomic E-state index is 10.9. The Balaban J connectivity index is 2.51. The molecule has 16 heavy (non-hydrogen) atoms. The highest BCUT2D eigenvalue weighted by Crippen LogP contribution is 2.06. The van der Waals surface area contributed by atoms with Crippen LogP contribution in [0.2, 0.25) is 0 Å². The normalized spacial score (nSPS) is 9.56. The summed E-state index contributed by atoms with van der Waals surface area (Å²) in [6.07, 6.45) is 1.72. The molecule has 3 N–H and O–H groups in total. The molecule has 0 bridgehead atoms. The molecule has 86 valence electrons. The van der Waals surface area contributed by atoms with E-state index >= 15 is 0 Å². The number of aromatic carboxylic acids is 1. The first-order valence-corrected chi connectivity index (χ1v) is 4.77. The van der Waals surface area contributed by atoms with Crippen LogP contribution in [0.4, 0.5) is 5.82 Å². The van der Waals surface area contributed by atoms with Crippen LogP contribution in [0.3, 0.4) is 0 Å². The van der Waals surface area contributed by atoms with Crippen molar-refractivity contribution < 1.29 is 14.7 Å². The lowest BCUT2D eigenvalue weighted by atomic mass is 10.2. The Bertz CT molecular complexity index is 393. The van der Waals surface area contributed by atoms with E-state index in [1.54, 1.807) is 7.05 Å². The third-order valence-corrected chi connectivity index (χ3v) is 1.94. The highest BCUT2D eigenvalue weighted by molar-refractivity contribution is 5.88. The van der Waals surface area contributed by atoms with Gasteiger partial charge in [-0.05, 0) is 12.1 Å². The quantitative estimate of drug-likeness (QED) is 0.669. The molecule has 0 spiro atoms. The molecule has 6 heteroatoms. The van der Waals surface area contributed by atoms with Gasteiger partial charge in [0.25, 0.3) is 0 Å². The first-order valence-electron chi connectivity index (χ1n) is 4.77. The van der Waals surface area contributed by atoms with Gasteiger partial charge in [-0.2, -0.15) is 0 Å². The summed E-state index contributed by atoms with van der Waals surface area (Å²) < 4.78 is 0. The van der Waals surface area contributed by atoms with E-state index in [2.05, 4.69) is 15.6 Å². The molecule has 0 aromatic carbocycles. The van der Waals surface area contributed by atoms with E-state index in [1.165, 1.54) is 18.3 Å². The average molecular weight is 223 g/mol. The minimum absolute atomic E-state index is 0.0816. The Morgan fingerprint density at radius 1 is 1.50 bits per heavy atom. The molecule has 0 saturated heterocycles. The number of aromatic nitrogens is 1. The summed E-state index contributed by atoms with van der Waals surface area (Å²) in [5, 5.41) is 14.1. The number of rotatable bonds is 5. The second kappa shape index (κ2) is 5.69. The van der Waals surface area contributed by atoms with Crippen LogP contribution < -0.4 is 10.6 Å². The second-order valence-electron chi connectivity index (χ2n) is 3.08. The summed E-state index contributed by atoms with van der Waals surface area (Å²) in [7, 11) is 1.56. The van der Waals surface area contributed by atoms with Gasteiger partial charge in [0.05, 0.1) is 5.56 Å². The maximum absolute atomic E-state index is 10.9. The number of nitrogens with one attached hydrogen (secondary N) is 2. The van der Waals surface area contributed by atoms with Crippen LogP contribution in [0.5, 0.6) is 0 Å². The summed E-state index contributed by atoms with van der Waals surface area (Å²) in [6, 6.07) is 2.83. The molecule has 0 aliphatic carbocycles. The van der Waals surface area contributed by atoms with Crippen molar-refractivity contribution in [2.75, 3.05) is 18.9 Å². The molecule has 1 amide bonds. The molecule has 0 saturated carbocycles. The number of hydrogen-bond donors (Lipinski definition) is 3. The molecule has 0 atom stereocenters. The molecular weight excluding hydrogens is 210 g/mol. The van der Waals surface area contributed by atoms with Crippen molar-refractivity contribution in [1.82, 2.24) is 10.3 Å². The van der Waals surface area contributed by atoms with Crippen molar-refractivity contribution in [3.05, 3.63) is 23.9 Å². The van der Waals surface area contributed by atoms with Gasteiger partial charge in [0, 0.05) is 26.2 Å². The van der Waals surface area contributed by atoms with Gasteiger partial charge in [-0.15, -0.1) is 0 Å². The third kappa shape index (κ3) is 3.56. The molecule has 0 radical (unpaired) electrons. The lowest BCUT2D eigenvalue weighted by Gasteiger charge is -2.05. The van der Waals surface area contributed by atoms with Gasteiger partial charge in [-0.1, -0.05) is 0 Å². The summed E-state index contributed by atoms with van der Waals surface area (Å²) in [6.45, 7) is 0.412. The van der Waals surface area contributed by atoms with E-state index < -0.39 is 5.97 Å². The molecule has 0 aliphatic heterocycles. The topological polar surface area (TPSA) is 91.3 Å². The zero-order valence-corrected chi connectivity index (χ0v) is 8.86. The van der Waals surface area contributed by atoms with Crippen molar-refractivity contribution >= 4 is 17.7 Å². The number of anilines is 1. The molecular formula is C10H13N3O3. The molecule has 1 aromatic heterocycles. The number of hydrogen-bond acceptors (Lipinski definition) is 4.